The molecule has 72 heavy (non-hydrogen) atoms. The molecule has 14 nitrogen and oxygen atoms in total. The largest absolute Gasteiger partial charge is 0.481 e. The van der Waals surface area contributed by atoms with Gasteiger partial charge in [-0.25, -0.2) is 35.4 Å². The van der Waals surface area contributed by atoms with Crippen LogP contribution in [-0.2, 0) is 14.3 Å². The number of halogens is 6. The number of benzene rings is 2. The van der Waals surface area contributed by atoms with Crippen molar-refractivity contribution in [3.8, 4) is 0 Å². The molecule has 0 bridgehead atoms. The molecule has 2 atom stereocenters. The lowest BCUT2D eigenvalue weighted by molar-refractivity contribution is -0.149. The maximum absolute atomic E-state index is 15.9. The van der Waals surface area contributed by atoms with Gasteiger partial charge >= 0.3 is 11.9 Å². The Balaban J connectivity index is 0.000000178. The predicted octanol–water partition coefficient (Wildman–Crippen LogP) is 9.41. The van der Waals surface area contributed by atoms with E-state index in [0.717, 1.165) is 36.4 Å². The van der Waals surface area contributed by atoms with Crippen LogP contribution < -0.4 is 20.4 Å². The molecule has 4 fully saturated rings. The molecular weight excluding hydrogens is 947 g/mol. The normalized spacial score (nSPS) is 22.2. The summed E-state index contributed by atoms with van der Waals surface area (Å²) >= 11 is 0. The highest BCUT2D eigenvalue weighted by Crippen LogP contribution is 2.41. The fourth-order valence-corrected chi connectivity index (χ4v) is 10.9. The standard InChI is InChI=1S/C27H29F3N4O3.C25H25F3N4O3/c1-2-37-27(36)16-5-8-18(9-6-16)32-26(35)20-15-31-34-13-11-23(24(30)25(20)34)33-12-3-4-22(33)19-14-17(28)7-10-21(19)29;26-15-5-8-19(27)17(12-15)20-2-1-10-31(20)21-9-11-32-23(22(21)28)18(13-29-32)24(33)30-16-6-3-14(4-7-16)25(34)35/h7,10-11,13-16,18,22H,2-6,8-9,12H2,1H3,(H,32,35);5,8-9,11-14,16,20H,1-4,6-7,10H2,(H,30,33)(H,34,35)/t16?,18?,22-;14?,16?,20-/m11/s1. The maximum atomic E-state index is 15.9. The van der Waals surface area contributed by atoms with Crippen molar-refractivity contribution < 1.29 is 55.4 Å². The third-order valence-corrected chi connectivity index (χ3v) is 14.5. The predicted molar refractivity (Wildman–Crippen MR) is 252 cm³/mol. The third kappa shape index (κ3) is 10.2. The van der Waals surface area contributed by atoms with Gasteiger partial charge in [-0.15, -0.1) is 0 Å². The second-order valence-electron chi connectivity index (χ2n) is 18.9. The molecule has 3 N–H and O–H groups in total. The number of aliphatic carboxylic acids is 1. The van der Waals surface area contributed by atoms with Crippen LogP contribution in [0.3, 0.4) is 0 Å². The summed E-state index contributed by atoms with van der Waals surface area (Å²) in [4.78, 5) is 52.7. The van der Waals surface area contributed by atoms with E-state index in [9.17, 15) is 36.7 Å². The highest BCUT2D eigenvalue weighted by atomic mass is 19.1. The minimum Gasteiger partial charge on any atom is -0.481 e. The number of pyridine rings is 2. The summed E-state index contributed by atoms with van der Waals surface area (Å²) in [5, 5.41) is 23.2. The number of esters is 1. The molecular formula is C52H54F6N8O6. The fraction of sp³-hybridized carbons (Fsp3) is 0.423. The first-order chi connectivity index (χ1) is 34.7. The van der Waals surface area contributed by atoms with E-state index in [0.29, 0.717) is 96.7 Å². The summed E-state index contributed by atoms with van der Waals surface area (Å²) in [5.74, 6) is -6.03. The Kier molecular flexibility index (Phi) is 14.7. The lowest BCUT2D eigenvalue weighted by Gasteiger charge is -2.28. The van der Waals surface area contributed by atoms with Gasteiger partial charge in [0.2, 0.25) is 0 Å². The van der Waals surface area contributed by atoms with Crippen LogP contribution in [0.25, 0.3) is 11.0 Å². The summed E-state index contributed by atoms with van der Waals surface area (Å²) in [6, 6.07) is 8.25. The van der Waals surface area contributed by atoms with Crippen molar-refractivity contribution in [2.75, 3.05) is 29.5 Å². The molecule has 4 aromatic heterocycles. The molecule has 2 aromatic carbocycles. The average Bonchev–Trinajstić information content (AvgIpc) is 4.22. The molecule has 2 amide bonds. The van der Waals surface area contributed by atoms with Gasteiger partial charge in [-0.05, 0) is 133 Å². The third-order valence-electron chi connectivity index (χ3n) is 14.5. The van der Waals surface area contributed by atoms with E-state index in [4.69, 9.17) is 9.84 Å². The number of hydrogen-bond donors (Lipinski definition) is 3. The zero-order valence-electron chi connectivity index (χ0n) is 39.4. The highest BCUT2D eigenvalue weighted by Gasteiger charge is 2.35. The van der Waals surface area contributed by atoms with E-state index in [2.05, 4.69) is 20.8 Å². The minimum atomic E-state index is -0.828. The van der Waals surface area contributed by atoms with Gasteiger partial charge in [0.15, 0.2) is 11.6 Å². The van der Waals surface area contributed by atoms with Crippen LogP contribution >= 0.6 is 0 Å². The Morgan fingerprint density at radius 1 is 0.611 bits per heavy atom. The van der Waals surface area contributed by atoms with Crippen LogP contribution in [0.5, 0.6) is 0 Å². The van der Waals surface area contributed by atoms with E-state index < -0.39 is 70.7 Å². The van der Waals surface area contributed by atoms with Crippen molar-refractivity contribution in [2.45, 2.75) is 108 Å². The van der Waals surface area contributed by atoms with Crippen LogP contribution in [0.4, 0.5) is 37.7 Å². The van der Waals surface area contributed by atoms with Crippen molar-refractivity contribution in [3.05, 3.63) is 130 Å². The van der Waals surface area contributed by atoms with E-state index in [-0.39, 0.29) is 68.6 Å². The number of fused-ring (bicyclic) bond motifs is 2. The van der Waals surface area contributed by atoms with E-state index in [1.165, 1.54) is 27.5 Å². The number of nitrogens with one attached hydrogen (secondary N) is 2. The topological polar surface area (TPSA) is 163 Å². The number of amides is 2. The van der Waals surface area contributed by atoms with Gasteiger partial charge in [0.1, 0.15) is 34.3 Å². The van der Waals surface area contributed by atoms with Crippen molar-refractivity contribution in [1.82, 2.24) is 29.9 Å². The number of aromatic nitrogens is 4. The number of carboxylic acid groups (broad SMARTS) is 1. The van der Waals surface area contributed by atoms with E-state index in [1.807, 2.05) is 0 Å². The minimum absolute atomic E-state index is 0.00425. The lowest BCUT2D eigenvalue weighted by atomic mass is 9.86. The van der Waals surface area contributed by atoms with Gasteiger partial charge in [0, 0.05) is 48.7 Å². The zero-order chi connectivity index (χ0) is 50.8. The number of hydrogen-bond acceptors (Lipinski definition) is 9. The average molecular weight is 1000 g/mol. The summed E-state index contributed by atoms with van der Waals surface area (Å²) in [6.45, 7) is 3.03. The number of rotatable bonds is 11. The molecule has 380 valence electrons. The van der Waals surface area contributed by atoms with Crippen LogP contribution in [-0.4, -0.2) is 79.9 Å². The first kappa shape index (κ1) is 49.8. The van der Waals surface area contributed by atoms with Crippen LogP contribution in [0, 0.1) is 46.7 Å². The highest BCUT2D eigenvalue weighted by molar-refractivity contribution is 6.02. The molecule has 2 saturated carbocycles. The van der Waals surface area contributed by atoms with Crippen molar-refractivity contribution in [2.24, 2.45) is 11.8 Å². The second kappa shape index (κ2) is 21.3. The first-order valence-corrected chi connectivity index (χ1v) is 24.5. The number of ether oxygens (including phenoxy) is 1. The van der Waals surface area contributed by atoms with Gasteiger partial charge in [0.25, 0.3) is 11.8 Å². The molecule has 20 heteroatoms. The second-order valence-corrected chi connectivity index (χ2v) is 18.9. The molecule has 4 aliphatic rings. The van der Waals surface area contributed by atoms with Crippen molar-refractivity contribution >= 4 is 46.2 Å². The number of carbonyl (C=O) groups excluding carboxylic acids is 3. The first-order valence-electron chi connectivity index (χ1n) is 24.5. The number of carboxylic acids is 1. The monoisotopic (exact) mass is 1000 g/mol. The molecule has 2 saturated heterocycles. The Bertz CT molecular complexity index is 3010. The SMILES string of the molecule is CCOC(=O)C1CCC(NC(=O)c2cnn3ccc(N4CCC[C@@H]4c4cc(F)ccc4F)c(F)c23)CC1.O=C(NC1CCC(C(=O)O)CC1)c1cnn2ccc(N3CCC[C@@H]3c3cc(F)ccc3F)c(F)c12. The number of nitrogens with zero attached hydrogens (tertiary/aromatic N) is 6. The Hall–Kier alpha value is -7.12. The van der Waals surface area contributed by atoms with Crippen LogP contribution in [0.1, 0.15) is 128 Å². The molecule has 0 radical (unpaired) electrons. The Morgan fingerprint density at radius 3 is 1.46 bits per heavy atom. The van der Waals surface area contributed by atoms with Gasteiger partial charge in [0.05, 0.1) is 65.4 Å². The van der Waals surface area contributed by atoms with Gasteiger partial charge in [-0.3, -0.25) is 19.2 Å². The molecule has 6 heterocycles. The van der Waals surface area contributed by atoms with E-state index >= 15 is 8.78 Å². The smallest absolute Gasteiger partial charge is 0.308 e. The van der Waals surface area contributed by atoms with Gasteiger partial charge in [-0.2, -0.15) is 10.2 Å². The van der Waals surface area contributed by atoms with Crippen molar-refractivity contribution in [3.63, 3.8) is 0 Å². The molecule has 10 rings (SSSR count). The number of carbonyl (C=O) groups is 4. The summed E-state index contributed by atoms with van der Waals surface area (Å²) in [7, 11) is 0. The summed E-state index contributed by atoms with van der Waals surface area (Å²) in [6.07, 6.45) is 12.7. The van der Waals surface area contributed by atoms with Crippen molar-refractivity contribution in [1.29, 1.82) is 0 Å². The van der Waals surface area contributed by atoms with Crippen LogP contribution in [0.15, 0.2) is 73.3 Å². The maximum Gasteiger partial charge on any atom is 0.308 e. The Labute approximate surface area is 410 Å². The summed E-state index contributed by atoms with van der Waals surface area (Å²) < 4.78 is 96.2. The zero-order valence-corrected chi connectivity index (χ0v) is 39.4. The van der Waals surface area contributed by atoms with Gasteiger partial charge < -0.3 is 30.3 Å². The quantitative estimate of drug-likeness (QED) is 0.0842. The fourth-order valence-electron chi connectivity index (χ4n) is 10.9. The molecule has 2 aliphatic heterocycles. The summed E-state index contributed by atoms with van der Waals surface area (Å²) in [5.41, 5.74) is 0.956. The molecule has 0 spiro atoms. The van der Waals surface area contributed by atoms with Crippen LogP contribution in [0.2, 0.25) is 0 Å². The van der Waals surface area contributed by atoms with E-state index in [1.54, 1.807) is 35.2 Å². The molecule has 2 aliphatic carbocycles. The Morgan fingerprint density at radius 2 is 1.04 bits per heavy atom. The lowest BCUT2D eigenvalue weighted by Crippen LogP contribution is -2.39. The molecule has 0 unspecified atom stereocenters. The number of anilines is 2. The van der Waals surface area contributed by atoms with Gasteiger partial charge in [-0.1, -0.05) is 0 Å². The molecule has 6 aromatic rings.